The van der Waals surface area contributed by atoms with Crippen molar-refractivity contribution in [1.82, 2.24) is 0 Å². The quantitative estimate of drug-likeness (QED) is 0.571. The molecule has 1 N–H and O–H groups in total. The molecule has 0 aliphatic heterocycles. The average Bonchev–Trinajstić information content (AvgIpc) is 2.55. The highest BCUT2D eigenvalue weighted by molar-refractivity contribution is 7.92. The summed E-state index contributed by atoms with van der Waals surface area (Å²) >= 11 is 0. The molecule has 5 nitrogen and oxygen atoms in total. The number of hydrogen-bond acceptors (Lipinski definition) is 4. The van der Waals surface area contributed by atoms with Crippen molar-refractivity contribution in [2.24, 2.45) is 0 Å². The van der Waals surface area contributed by atoms with Crippen molar-refractivity contribution in [2.75, 3.05) is 6.61 Å². The van der Waals surface area contributed by atoms with E-state index in [1.54, 1.807) is 12.1 Å². The van der Waals surface area contributed by atoms with Gasteiger partial charge in [-0.25, -0.2) is 8.42 Å². The smallest absolute Gasteiger partial charge is 0.322 e. The Morgan fingerprint density at radius 1 is 1.04 bits per heavy atom. The van der Waals surface area contributed by atoms with E-state index in [0.717, 1.165) is 32.1 Å². The molecule has 0 aliphatic carbocycles. The van der Waals surface area contributed by atoms with Crippen LogP contribution in [0.2, 0.25) is 0 Å². The number of carbonyl (C=O) groups is 1. The molecule has 0 aromatic heterocycles. The van der Waals surface area contributed by atoms with Crippen LogP contribution in [0.25, 0.3) is 0 Å². The van der Waals surface area contributed by atoms with Gasteiger partial charge in [-0.15, -0.1) is 0 Å². The molecular formula is C18H28O5S. The summed E-state index contributed by atoms with van der Waals surface area (Å²) in [6.45, 7) is 4.69. The number of ether oxygens (including phenoxy) is 1. The highest BCUT2D eigenvalue weighted by atomic mass is 32.2. The zero-order valence-electron chi connectivity index (χ0n) is 14.5. The Bertz CT molecular complexity index is 592. The van der Waals surface area contributed by atoms with Gasteiger partial charge in [-0.05, 0) is 37.1 Å². The Labute approximate surface area is 145 Å². The highest BCUT2D eigenvalue weighted by Crippen LogP contribution is 2.23. The highest BCUT2D eigenvalue weighted by Gasteiger charge is 2.33. The van der Waals surface area contributed by atoms with E-state index in [0.29, 0.717) is 18.8 Å². The van der Waals surface area contributed by atoms with Crippen LogP contribution >= 0.6 is 0 Å². The van der Waals surface area contributed by atoms with Gasteiger partial charge >= 0.3 is 5.97 Å². The largest absolute Gasteiger partial charge is 0.494 e. The number of sulfone groups is 1. The first-order chi connectivity index (χ1) is 11.4. The fourth-order valence-electron chi connectivity index (χ4n) is 2.39. The maximum absolute atomic E-state index is 12.6. The number of carboxylic acid groups (broad SMARTS) is 1. The summed E-state index contributed by atoms with van der Waals surface area (Å²) in [6.07, 6.45) is 5.54. The maximum Gasteiger partial charge on any atom is 0.322 e. The first-order valence-electron chi connectivity index (χ1n) is 8.63. The summed E-state index contributed by atoms with van der Waals surface area (Å²) in [5, 5.41) is 7.93. The standard InChI is InChI=1S/C18H28O5S/c1-3-5-7-8-9-17(18(19)20)24(21,22)16-12-10-15(11-13-16)23-14-6-4-2/h10-13,17H,3-9,14H2,1-2H3,(H,19,20). The molecule has 0 saturated carbocycles. The van der Waals surface area contributed by atoms with Gasteiger partial charge in [0.25, 0.3) is 0 Å². The predicted octanol–water partition coefficient (Wildman–Crippen LogP) is 4.06. The molecular weight excluding hydrogens is 328 g/mol. The zero-order chi connectivity index (χ0) is 18.0. The molecule has 0 saturated heterocycles. The lowest BCUT2D eigenvalue weighted by Crippen LogP contribution is -2.30. The fourth-order valence-corrected chi connectivity index (χ4v) is 3.98. The minimum Gasteiger partial charge on any atom is -0.494 e. The number of unbranched alkanes of at least 4 members (excludes halogenated alkanes) is 4. The summed E-state index contributed by atoms with van der Waals surface area (Å²) in [4.78, 5) is 11.5. The lowest BCUT2D eigenvalue weighted by atomic mass is 10.1. The molecule has 1 aromatic rings. The molecule has 6 heteroatoms. The average molecular weight is 356 g/mol. The van der Waals surface area contributed by atoms with Crippen molar-refractivity contribution in [1.29, 1.82) is 0 Å². The van der Waals surface area contributed by atoms with E-state index in [1.807, 2.05) is 0 Å². The van der Waals surface area contributed by atoms with Crippen LogP contribution < -0.4 is 4.74 Å². The Hall–Kier alpha value is -1.56. The van der Waals surface area contributed by atoms with E-state index in [9.17, 15) is 18.3 Å². The Kier molecular flexibility index (Phi) is 8.82. The zero-order valence-corrected chi connectivity index (χ0v) is 15.3. The van der Waals surface area contributed by atoms with Crippen LogP contribution in [0.4, 0.5) is 0 Å². The van der Waals surface area contributed by atoms with Crippen LogP contribution in [0.15, 0.2) is 29.2 Å². The van der Waals surface area contributed by atoms with Gasteiger partial charge in [0, 0.05) is 0 Å². The molecule has 1 unspecified atom stereocenters. The molecule has 0 amide bonds. The second kappa shape index (κ2) is 10.3. The summed E-state index contributed by atoms with van der Waals surface area (Å²) in [6, 6.07) is 6.02. The number of benzene rings is 1. The van der Waals surface area contributed by atoms with E-state index >= 15 is 0 Å². The number of rotatable bonds is 12. The summed E-state index contributed by atoms with van der Waals surface area (Å²) in [7, 11) is -3.88. The molecule has 1 atom stereocenters. The third-order valence-corrected chi connectivity index (χ3v) is 6.00. The first-order valence-corrected chi connectivity index (χ1v) is 10.2. The topological polar surface area (TPSA) is 80.7 Å². The molecule has 0 heterocycles. The molecule has 24 heavy (non-hydrogen) atoms. The molecule has 0 aliphatic rings. The third kappa shape index (κ3) is 6.15. The van der Waals surface area contributed by atoms with Gasteiger partial charge in [-0.1, -0.05) is 46.0 Å². The summed E-state index contributed by atoms with van der Waals surface area (Å²) in [5.41, 5.74) is 0. The second-order valence-corrected chi connectivity index (χ2v) is 8.03. The van der Waals surface area contributed by atoms with Crippen molar-refractivity contribution >= 4 is 15.8 Å². The van der Waals surface area contributed by atoms with Gasteiger partial charge in [-0.3, -0.25) is 4.79 Å². The lowest BCUT2D eigenvalue weighted by Gasteiger charge is -2.14. The number of hydrogen-bond donors (Lipinski definition) is 1. The molecule has 136 valence electrons. The molecule has 1 aromatic carbocycles. The fraction of sp³-hybridized carbons (Fsp3) is 0.611. The van der Waals surface area contributed by atoms with Gasteiger partial charge in [-0.2, -0.15) is 0 Å². The monoisotopic (exact) mass is 356 g/mol. The van der Waals surface area contributed by atoms with Crippen molar-refractivity contribution in [3.63, 3.8) is 0 Å². The molecule has 0 radical (unpaired) electrons. The van der Waals surface area contributed by atoms with Crippen LogP contribution in [0.3, 0.4) is 0 Å². The number of aliphatic carboxylic acids is 1. The van der Waals surface area contributed by atoms with Crippen molar-refractivity contribution in [2.45, 2.75) is 68.9 Å². The van der Waals surface area contributed by atoms with Crippen molar-refractivity contribution in [3.05, 3.63) is 24.3 Å². The molecule has 0 bridgehead atoms. The number of carboxylic acids is 1. The second-order valence-electron chi connectivity index (χ2n) is 5.89. The predicted molar refractivity (Wildman–Crippen MR) is 94.2 cm³/mol. The van der Waals surface area contributed by atoms with Crippen LogP contribution in [-0.4, -0.2) is 31.4 Å². The molecule has 0 spiro atoms. The lowest BCUT2D eigenvalue weighted by molar-refractivity contribution is -0.136. The van der Waals surface area contributed by atoms with E-state index < -0.39 is 21.1 Å². The van der Waals surface area contributed by atoms with Crippen LogP contribution in [0, 0.1) is 0 Å². The van der Waals surface area contributed by atoms with E-state index in [4.69, 9.17) is 4.74 Å². The van der Waals surface area contributed by atoms with Gasteiger partial charge in [0.1, 0.15) is 5.75 Å². The molecule has 0 fully saturated rings. The van der Waals surface area contributed by atoms with Gasteiger partial charge in [0.05, 0.1) is 11.5 Å². The van der Waals surface area contributed by atoms with Gasteiger partial charge in [0.2, 0.25) is 0 Å². The van der Waals surface area contributed by atoms with Crippen molar-refractivity contribution in [3.8, 4) is 5.75 Å². The Balaban J connectivity index is 2.80. The molecule has 1 rings (SSSR count). The SMILES string of the molecule is CCCCCCC(C(=O)O)S(=O)(=O)c1ccc(OCCCC)cc1. The third-order valence-electron chi connectivity index (χ3n) is 3.89. The minimum atomic E-state index is -3.88. The van der Waals surface area contributed by atoms with E-state index in [2.05, 4.69) is 13.8 Å². The van der Waals surface area contributed by atoms with Crippen LogP contribution in [0.1, 0.15) is 58.8 Å². The minimum absolute atomic E-state index is 0.0354. The van der Waals surface area contributed by atoms with E-state index in [1.165, 1.54) is 12.1 Å². The Morgan fingerprint density at radius 3 is 2.21 bits per heavy atom. The van der Waals surface area contributed by atoms with Gasteiger partial charge < -0.3 is 9.84 Å². The van der Waals surface area contributed by atoms with E-state index in [-0.39, 0.29) is 11.3 Å². The van der Waals surface area contributed by atoms with Crippen molar-refractivity contribution < 1.29 is 23.1 Å². The first kappa shape index (κ1) is 20.5. The van der Waals surface area contributed by atoms with Gasteiger partial charge in [0.15, 0.2) is 15.1 Å². The summed E-state index contributed by atoms with van der Waals surface area (Å²) in [5.74, 6) is -0.688. The summed E-state index contributed by atoms with van der Waals surface area (Å²) < 4.78 is 30.7. The van der Waals surface area contributed by atoms with Crippen LogP contribution in [0.5, 0.6) is 5.75 Å². The normalized spacial score (nSPS) is 12.8. The Morgan fingerprint density at radius 2 is 1.67 bits per heavy atom. The maximum atomic E-state index is 12.6. The van der Waals surface area contributed by atoms with Crippen LogP contribution in [-0.2, 0) is 14.6 Å².